The first-order valence-electron chi connectivity index (χ1n) is 15.6. The van der Waals surface area contributed by atoms with E-state index in [1.165, 1.54) is 68.9 Å². The van der Waals surface area contributed by atoms with Gasteiger partial charge in [-0.2, -0.15) is 0 Å². The monoisotopic (exact) mass is 579 g/mol. The van der Waals surface area contributed by atoms with E-state index in [0.29, 0.717) is 28.5 Å². The standard InChI is InChI=1S/C37H41NO5/c39-34(30-16-12-28(13-17-30)26-8-4-5-9-26)24-33(29-14-10-27(11-15-29)25-6-2-1-3-7-25)36(42)31-18-20-32(21-19-31)37(43)38-23-22-35(40)41/h10-21,24-26,34,39H,1-9,22-23H2,(H,38,43)(H,40,41)/b33-24-. The number of nitrogens with one attached hydrogen (secondary N) is 1. The summed E-state index contributed by atoms with van der Waals surface area (Å²) in [5, 5.41) is 22.7. The van der Waals surface area contributed by atoms with E-state index in [1.807, 2.05) is 24.3 Å². The SMILES string of the molecule is O=C(O)CCNC(=O)c1ccc(C(=O)/C(=C\C(O)c2ccc(C3CCCC3)cc2)c2ccc(C3CCCCC3)cc2)cc1. The summed E-state index contributed by atoms with van der Waals surface area (Å²) in [6, 6.07) is 22.6. The molecule has 0 spiro atoms. The Labute approximate surface area is 253 Å². The van der Waals surface area contributed by atoms with E-state index >= 15 is 0 Å². The van der Waals surface area contributed by atoms with Gasteiger partial charge in [0.1, 0.15) is 0 Å². The summed E-state index contributed by atoms with van der Waals surface area (Å²) >= 11 is 0. The first-order chi connectivity index (χ1) is 20.9. The molecule has 2 fully saturated rings. The first kappa shape index (κ1) is 30.4. The van der Waals surface area contributed by atoms with Crippen LogP contribution in [0.3, 0.4) is 0 Å². The molecule has 0 aliphatic heterocycles. The average Bonchev–Trinajstić information content (AvgIpc) is 3.59. The molecule has 0 radical (unpaired) electrons. The molecule has 224 valence electrons. The smallest absolute Gasteiger partial charge is 0.305 e. The minimum Gasteiger partial charge on any atom is -0.481 e. The van der Waals surface area contributed by atoms with Crippen LogP contribution in [0.15, 0.2) is 78.9 Å². The molecule has 1 amide bonds. The van der Waals surface area contributed by atoms with Gasteiger partial charge in [0.15, 0.2) is 5.78 Å². The number of aliphatic hydroxyl groups excluding tert-OH is 1. The predicted molar refractivity (Wildman–Crippen MR) is 168 cm³/mol. The van der Waals surface area contributed by atoms with E-state index in [1.54, 1.807) is 30.3 Å². The number of carbonyl (C=O) groups is 3. The molecule has 1 atom stereocenters. The third-order valence-electron chi connectivity index (χ3n) is 9.01. The average molecular weight is 580 g/mol. The zero-order valence-electron chi connectivity index (χ0n) is 24.6. The van der Waals surface area contributed by atoms with Crippen LogP contribution < -0.4 is 5.32 Å². The molecular weight excluding hydrogens is 538 g/mol. The van der Waals surface area contributed by atoms with Crippen LogP contribution in [0.1, 0.15) is 125 Å². The van der Waals surface area contributed by atoms with Crippen molar-refractivity contribution in [3.63, 3.8) is 0 Å². The molecule has 0 aromatic heterocycles. The molecule has 3 aromatic rings. The van der Waals surface area contributed by atoms with Crippen molar-refractivity contribution in [2.24, 2.45) is 0 Å². The van der Waals surface area contributed by atoms with Crippen LogP contribution in [0.25, 0.3) is 5.57 Å². The Morgan fingerprint density at radius 2 is 1.19 bits per heavy atom. The third kappa shape index (κ3) is 7.88. The number of rotatable bonds is 11. The van der Waals surface area contributed by atoms with Gasteiger partial charge in [0.2, 0.25) is 0 Å². The van der Waals surface area contributed by atoms with Crippen molar-refractivity contribution < 1.29 is 24.6 Å². The molecule has 2 aliphatic rings. The molecule has 2 aliphatic carbocycles. The highest BCUT2D eigenvalue weighted by Gasteiger charge is 2.21. The second-order valence-corrected chi connectivity index (χ2v) is 11.9. The summed E-state index contributed by atoms with van der Waals surface area (Å²) < 4.78 is 0. The fourth-order valence-corrected chi connectivity index (χ4v) is 6.47. The second-order valence-electron chi connectivity index (χ2n) is 11.9. The minimum atomic E-state index is -0.987. The lowest BCUT2D eigenvalue weighted by atomic mass is 9.83. The Balaban J connectivity index is 1.39. The molecule has 0 heterocycles. The molecule has 6 nitrogen and oxygen atoms in total. The first-order valence-corrected chi connectivity index (χ1v) is 15.6. The number of ketones is 1. The summed E-state index contributed by atoms with van der Waals surface area (Å²) in [6.07, 6.45) is 11.6. The number of carboxylic acids is 1. The van der Waals surface area contributed by atoms with Gasteiger partial charge in [-0.1, -0.05) is 92.8 Å². The lowest BCUT2D eigenvalue weighted by Gasteiger charge is -2.22. The normalized spacial score (nSPS) is 17.0. The van der Waals surface area contributed by atoms with Crippen molar-refractivity contribution in [1.82, 2.24) is 5.32 Å². The van der Waals surface area contributed by atoms with Crippen molar-refractivity contribution in [2.75, 3.05) is 6.54 Å². The summed E-state index contributed by atoms with van der Waals surface area (Å²) in [5.74, 6) is -0.497. The number of aliphatic carboxylic acids is 1. The maximum atomic E-state index is 13.9. The highest BCUT2D eigenvalue weighted by molar-refractivity contribution is 6.29. The van der Waals surface area contributed by atoms with E-state index in [-0.39, 0.29) is 18.7 Å². The van der Waals surface area contributed by atoms with Crippen LogP contribution in [0.5, 0.6) is 0 Å². The maximum absolute atomic E-state index is 13.9. The lowest BCUT2D eigenvalue weighted by Crippen LogP contribution is -2.26. The van der Waals surface area contributed by atoms with E-state index in [2.05, 4.69) is 29.6 Å². The molecule has 6 heteroatoms. The Morgan fingerprint density at radius 1 is 0.698 bits per heavy atom. The molecule has 1 unspecified atom stereocenters. The Kier molecular flexibility index (Phi) is 10.2. The number of allylic oxidation sites excluding steroid dienone is 1. The number of carboxylic acid groups (broad SMARTS) is 1. The predicted octanol–water partition coefficient (Wildman–Crippen LogP) is 7.60. The van der Waals surface area contributed by atoms with Gasteiger partial charge >= 0.3 is 5.97 Å². The highest BCUT2D eigenvalue weighted by Crippen LogP contribution is 2.36. The second kappa shape index (κ2) is 14.4. The van der Waals surface area contributed by atoms with Crippen LogP contribution in [0, 0.1) is 0 Å². The summed E-state index contributed by atoms with van der Waals surface area (Å²) in [6.45, 7) is 0.0259. The maximum Gasteiger partial charge on any atom is 0.305 e. The molecular formula is C37H41NO5. The van der Waals surface area contributed by atoms with Gasteiger partial charge in [-0.3, -0.25) is 14.4 Å². The summed E-state index contributed by atoms with van der Waals surface area (Å²) in [5.41, 5.74) is 5.21. The Morgan fingerprint density at radius 3 is 1.74 bits per heavy atom. The van der Waals surface area contributed by atoms with Gasteiger partial charge in [-0.15, -0.1) is 0 Å². The Bertz CT molecular complexity index is 1430. The van der Waals surface area contributed by atoms with Crippen LogP contribution in [-0.4, -0.2) is 34.4 Å². The largest absolute Gasteiger partial charge is 0.481 e. The summed E-state index contributed by atoms with van der Waals surface area (Å²) in [7, 11) is 0. The number of amides is 1. The number of carbonyl (C=O) groups excluding carboxylic acids is 2. The molecule has 43 heavy (non-hydrogen) atoms. The van der Waals surface area contributed by atoms with Crippen molar-refractivity contribution in [2.45, 2.75) is 82.1 Å². The zero-order chi connectivity index (χ0) is 30.2. The number of hydrogen-bond donors (Lipinski definition) is 3. The van der Waals surface area contributed by atoms with Gasteiger partial charge in [0.25, 0.3) is 5.91 Å². The highest BCUT2D eigenvalue weighted by atomic mass is 16.4. The van der Waals surface area contributed by atoms with Crippen LogP contribution >= 0.6 is 0 Å². The van der Waals surface area contributed by atoms with Crippen molar-refractivity contribution in [3.05, 3.63) is 112 Å². The molecule has 3 aromatic carbocycles. The lowest BCUT2D eigenvalue weighted by molar-refractivity contribution is -0.136. The summed E-state index contributed by atoms with van der Waals surface area (Å²) in [4.78, 5) is 37.1. The van der Waals surface area contributed by atoms with Gasteiger partial charge in [-0.25, -0.2) is 0 Å². The molecule has 2 saturated carbocycles. The third-order valence-corrected chi connectivity index (χ3v) is 9.01. The number of Topliss-reactive ketones (excluding diaryl/α,β-unsaturated/α-hetero) is 1. The fraction of sp³-hybridized carbons (Fsp3) is 0.378. The number of aliphatic hydroxyl groups is 1. The Hall–Kier alpha value is -4.03. The van der Waals surface area contributed by atoms with Crippen LogP contribution in [0.2, 0.25) is 0 Å². The molecule has 0 bridgehead atoms. The van der Waals surface area contributed by atoms with Crippen LogP contribution in [-0.2, 0) is 4.79 Å². The number of benzene rings is 3. The zero-order valence-corrected chi connectivity index (χ0v) is 24.6. The van der Waals surface area contributed by atoms with E-state index in [4.69, 9.17) is 5.11 Å². The van der Waals surface area contributed by atoms with Gasteiger partial charge in [0.05, 0.1) is 12.5 Å². The van der Waals surface area contributed by atoms with E-state index in [0.717, 1.165) is 11.1 Å². The van der Waals surface area contributed by atoms with Crippen molar-refractivity contribution in [1.29, 1.82) is 0 Å². The quantitative estimate of drug-likeness (QED) is 0.160. The van der Waals surface area contributed by atoms with Gasteiger partial charge in [-0.05, 0) is 78.0 Å². The minimum absolute atomic E-state index is 0.0259. The molecule has 5 rings (SSSR count). The van der Waals surface area contributed by atoms with E-state index in [9.17, 15) is 19.5 Å². The van der Waals surface area contributed by atoms with Crippen molar-refractivity contribution >= 4 is 23.2 Å². The van der Waals surface area contributed by atoms with Crippen molar-refractivity contribution in [3.8, 4) is 0 Å². The van der Waals surface area contributed by atoms with Gasteiger partial charge in [0, 0.05) is 23.2 Å². The van der Waals surface area contributed by atoms with Gasteiger partial charge < -0.3 is 15.5 Å². The molecule has 0 saturated heterocycles. The molecule has 3 N–H and O–H groups in total. The van der Waals surface area contributed by atoms with Crippen LogP contribution in [0.4, 0.5) is 0 Å². The fourth-order valence-electron chi connectivity index (χ4n) is 6.47. The van der Waals surface area contributed by atoms with E-state index < -0.39 is 18.0 Å². The number of hydrogen-bond acceptors (Lipinski definition) is 4. The topological polar surface area (TPSA) is 104 Å².